The molecule has 33 heavy (non-hydrogen) atoms. The number of ether oxygens (including phenoxy) is 1. The third-order valence-electron chi connectivity index (χ3n) is 5.11. The summed E-state index contributed by atoms with van der Waals surface area (Å²) in [5, 5.41) is 11.6. The molecular formula is C23H27ClN4O4S. The van der Waals surface area contributed by atoms with E-state index in [1.807, 2.05) is 18.2 Å². The van der Waals surface area contributed by atoms with Gasteiger partial charge in [-0.25, -0.2) is 4.98 Å². The number of hydrogen-bond donors (Lipinski definition) is 0. The van der Waals surface area contributed by atoms with Crippen molar-refractivity contribution in [3.63, 3.8) is 0 Å². The number of rotatable bonds is 10. The molecule has 0 aliphatic heterocycles. The number of nitro benzene ring substituents is 1. The predicted molar refractivity (Wildman–Crippen MR) is 136 cm³/mol. The fourth-order valence-electron chi connectivity index (χ4n) is 3.22. The van der Waals surface area contributed by atoms with Crippen molar-refractivity contribution in [2.24, 2.45) is 0 Å². The summed E-state index contributed by atoms with van der Waals surface area (Å²) >= 11 is 1.43. The molecule has 3 aromatic rings. The van der Waals surface area contributed by atoms with Crippen molar-refractivity contribution in [3.8, 4) is 5.75 Å². The number of carbonyl (C=O) groups is 1. The summed E-state index contributed by atoms with van der Waals surface area (Å²) in [5.41, 5.74) is 1.37. The molecule has 8 nitrogen and oxygen atoms in total. The van der Waals surface area contributed by atoms with Crippen molar-refractivity contribution >= 4 is 56.8 Å². The Balaban J connectivity index is 0.00000385. The van der Waals surface area contributed by atoms with Gasteiger partial charge in [0.15, 0.2) is 5.13 Å². The van der Waals surface area contributed by atoms with Gasteiger partial charge in [0.2, 0.25) is 0 Å². The summed E-state index contributed by atoms with van der Waals surface area (Å²) in [4.78, 5) is 32.3. The minimum atomic E-state index is -0.453. The van der Waals surface area contributed by atoms with Crippen molar-refractivity contribution in [2.75, 3.05) is 38.2 Å². The van der Waals surface area contributed by atoms with Crippen LogP contribution in [0.3, 0.4) is 0 Å². The normalized spacial score (nSPS) is 11.0. The highest BCUT2D eigenvalue weighted by Gasteiger charge is 2.19. The molecule has 0 atom stereocenters. The zero-order valence-corrected chi connectivity index (χ0v) is 20.4. The number of thiazole rings is 1. The lowest BCUT2D eigenvalue weighted by Crippen LogP contribution is -2.38. The molecular weight excluding hydrogens is 464 g/mol. The molecule has 176 valence electrons. The van der Waals surface area contributed by atoms with E-state index in [4.69, 9.17) is 4.74 Å². The Morgan fingerprint density at radius 1 is 1.18 bits per heavy atom. The number of hydrogen-bond acceptors (Lipinski definition) is 7. The molecule has 0 saturated carbocycles. The van der Waals surface area contributed by atoms with Crippen LogP contribution in [0.25, 0.3) is 16.3 Å². The fraction of sp³-hybridized carbons (Fsp3) is 0.304. The second kappa shape index (κ2) is 12.3. The van der Waals surface area contributed by atoms with Crippen molar-refractivity contribution < 1.29 is 14.5 Å². The van der Waals surface area contributed by atoms with Gasteiger partial charge < -0.3 is 9.64 Å². The maximum absolute atomic E-state index is 13.2. The largest absolute Gasteiger partial charge is 0.497 e. The molecule has 3 rings (SSSR count). The van der Waals surface area contributed by atoms with E-state index in [-0.39, 0.29) is 24.0 Å². The van der Waals surface area contributed by atoms with Crippen LogP contribution < -0.4 is 9.64 Å². The Labute approximate surface area is 203 Å². The molecule has 0 spiro atoms. The van der Waals surface area contributed by atoms with E-state index in [0.717, 1.165) is 29.1 Å². The number of fused-ring (bicyclic) bond motifs is 1. The molecule has 10 heteroatoms. The number of amides is 1. The van der Waals surface area contributed by atoms with E-state index in [1.165, 1.54) is 29.5 Å². The van der Waals surface area contributed by atoms with E-state index in [1.54, 1.807) is 30.2 Å². The first-order valence-electron chi connectivity index (χ1n) is 10.4. The average Bonchev–Trinajstić information content (AvgIpc) is 3.23. The van der Waals surface area contributed by atoms with Crippen LogP contribution in [0, 0.1) is 10.1 Å². The predicted octanol–water partition coefficient (Wildman–Crippen LogP) is 5.02. The van der Waals surface area contributed by atoms with Gasteiger partial charge in [-0.3, -0.25) is 19.8 Å². The molecule has 0 aliphatic rings. The molecule has 0 radical (unpaired) electrons. The van der Waals surface area contributed by atoms with E-state index < -0.39 is 4.92 Å². The van der Waals surface area contributed by atoms with Gasteiger partial charge in [0.25, 0.3) is 11.6 Å². The molecule has 0 bridgehead atoms. The van der Waals surface area contributed by atoms with Crippen LogP contribution >= 0.6 is 23.7 Å². The molecule has 1 amide bonds. The Morgan fingerprint density at radius 2 is 1.94 bits per heavy atom. The van der Waals surface area contributed by atoms with E-state index in [0.29, 0.717) is 23.8 Å². The zero-order chi connectivity index (χ0) is 23.1. The van der Waals surface area contributed by atoms with Crippen LogP contribution in [0.15, 0.2) is 48.5 Å². The minimum Gasteiger partial charge on any atom is -0.497 e. The molecule has 0 aliphatic carbocycles. The van der Waals surface area contributed by atoms with E-state index in [2.05, 4.69) is 23.7 Å². The Morgan fingerprint density at radius 3 is 2.61 bits per heavy atom. The maximum atomic E-state index is 13.2. The van der Waals surface area contributed by atoms with Crippen molar-refractivity contribution in [3.05, 3.63) is 64.2 Å². The van der Waals surface area contributed by atoms with Crippen molar-refractivity contribution in [1.82, 2.24) is 9.88 Å². The number of likely N-dealkylation sites (N-methyl/N-ethyl adjacent to an activating group) is 1. The first-order chi connectivity index (χ1) is 15.4. The van der Waals surface area contributed by atoms with Gasteiger partial charge in [-0.15, -0.1) is 12.4 Å². The first kappa shape index (κ1) is 26.2. The van der Waals surface area contributed by atoms with Gasteiger partial charge >= 0.3 is 0 Å². The quantitative estimate of drug-likeness (QED) is 0.225. The summed E-state index contributed by atoms with van der Waals surface area (Å²) in [6, 6.07) is 11.8. The molecule has 0 fully saturated rings. The Hall–Kier alpha value is -3.01. The topological polar surface area (TPSA) is 88.8 Å². The molecule has 2 aromatic carbocycles. The summed E-state index contributed by atoms with van der Waals surface area (Å²) in [7, 11) is 1.61. The van der Waals surface area contributed by atoms with Crippen LogP contribution in [0.4, 0.5) is 10.8 Å². The van der Waals surface area contributed by atoms with Gasteiger partial charge in [-0.2, -0.15) is 0 Å². The number of benzene rings is 2. The Bertz CT molecular complexity index is 1130. The number of nitro groups is 1. The number of halogens is 1. The molecule has 0 N–H and O–H groups in total. The lowest BCUT2D eigenvalue weighted by molar-refractivity contribution is -0.384. The SMILES string of the molecule is CCN(CC)CCN(C(=O)C=Cc1cccc([N+](=O)[O-])c1)c1nc2ccc(OC)cc2s1.Cl. The smallest absolute Gasteiger partial charge is 0.270 e. The van der Waals surface area contributed by atoms with E-state index in [9.17, 15) is 14.9 Å². The summed E-state index contributed by atoms with van der Waals surface area (Å²) in [6.45, 7) is 7.14. The highest BCUT2D eigenvalue weighted by molar-refractivity contribution is 7.22. The van der Waals surface area contributed by atoms with E-state index >= 15 is 0 Å². The molecule has 0 saturated heterocycles. The highest BCUT2D eigenvalue weighted by atomic mass is 35.5. The summed E-state index contributed by atoms with van der Waals surface area (Å²) < 4.78 is 6.23. The maximum Gasteiger partial charge on any atom is 0.270 e. The lowest BCUT2D eigenvalue weighted by atomic mass is 10.2. The van der Waals surface area contributed by atoms with Gasteiger partial charge in [0.05, 0.1) is 22.2 Å². The Kier molecular flexibility index (Phi) is 9.77. The first-order valence-corrected chi connectivity index (χ1v) is 11.2. The number of methoxy groups -OCH3 is 1. The number of carbonyl (C=O) groups excluding carboxylic acids is 1. The monoisotopic (exact) mass is 490 g/mol. The van der Waals surface area contributed by atoms with Gasteiger partial charge in [-0.05, 0) is 42.9 Å². The van der Waals surface area contributed by atoms with Gasteiger partial charge in [0.1, 0.15) is 5.75 Å². The number of aromatic nitrogens is 1. The number of anilines is 1. The molecule has 0 unspecified atom stereocenters. The van der Waals surface area contributed by atoms with Gasteiger partial charge in [-0.1, -0.05) is 37.3 Å². The second-order valence-corrected chi connectivity index (χ2v) is 8.04. The second-order valence-electron chi connectivity index (χ2n) is 7.03. The minimum absolute atomic E-state index is 0. The van der Waals surface area contributed by atoms with Crippen molar-refractivity contribution in [1.29, 1.82) is 0 Å². The summed E-state index contributed by atoms with van der Waals surface area (Å²) in [6.07, 6.45) is 3.03. The standard InChI is InChI=1S/C23H26N4O4S.ClH/c1-4-25(5-2)13-14-26(23-24-20-11-10-19(31-3)16-21(20)32-23)22(28)12-9-17-7-6-8-18(15-17)27(29)30;/h6-12,15-16H,4-5,13-14H2,1-3H3;1H. The van der Waals surface area contributed by atoms with Crippen LogP contribution in [-0.2, 0) is 4.79 Å². The van der Waals surface area contributed by atoms with Crippen molar-refractivity contribution in [2.45, 2.75) is 13.8 Å². The fourth-order valence-corrected chi connectivity index (χ4v) is 4.24. The zero-order valence-electron chi connectivity index (χ0n) is 18.8. The number of nitrogens with zero attached hydrogens (tertiary/aromatic N) is 4. The van der Waals surface area contributed by atoms with Crippen LogP contribution in [0.5, 0.6) is 5.75 Å². The average molecular weight is 491 g/mol. The molecule has 1 aromatic heterocycles. The van der Waals surface area contributed by atoms with Crippen LogP contribution in [0.1, 0.15) is 19.4 Å². The third-order valence-corrected chi connectivity index (χ3v) is 6.16. The van der Waals surface area contributed by atoms with Gasteiger partial charge in [0, 0.05) is 31.3 Å². The highest BCUT2D eigenvalue weighted by Crippen LogP contribution is 2.31. The number of non-ortho nitro benzene ring substituents is 1. The van der Waals surface area contributed by atoms with Crippen LogP contribution in [-0.4, -0.2) is 54.0 Å². The molecule has 1 heterocycles. The summed E-state index contributed by atoms with van der Waals surface area (Å²) in [5.74, 6) is 0.508. The van der Waals surface area contributed by atoms with Crippen LogP contribution in [0.2, 0.25) is 0 Å². The lowest BCUT2D eigenvalue weighted by Gasteiger charge is -2.23. The third kappa shape index (κ3) is 6.74.